The van der Waals surface area contributed by atoms with Crippen LogP contribution in [-0.2, 0) is 0 Å². The van der Waals surface area contributed by atoms with Crippen molar-refractivity contribution in [3.05, 3.63) is 35.4 Å². The monoisotopic (exact) mass is 287 g/mol. The van der Waals surface area contributed by atoms with Gasteiger partial charge in [0.1, 0.15) is 0 Å². The fraction of sp³-hybridized carbons (Fsp3) is 0.700. The molecular formula is C20H33N. The Morgan fingerprint density at radius 1 is 0.905 bits per heavy atom. The summed E-state index contributed by atoms with van der Waals surface area (Å²) in [5, 5.41) is 3.70. The smallest absolute Gasteiger partial charge is 0.00229 e. The minimum Gasteiger partial charge on any atom is -0.316 e. The SMILES string of the molecule is CC(C)CNCC(c1ccc(C(C)C)cc1)C1CCCC1. The zero-order valence-corrected chi connectivity index (χ0v) is 14.4. The van der Waals surface area contributed by atoms with E-state index in [-0.39, 0.29) is 0 Å². The Kier molecular flexibility index (Phi) is 6.29. The molecule has 1 aromatic rings. The van der Waals surface area contributed by atoms with Gasteiger partial charge in [-0.3, -0.25) is 0 Å². The summed E-state index contributed by atoms with van der Waals surface area (Å²) in [7, 11) is 0. The van der Waals surface area contributed by atoms with Crippen molar-refractivity contribution in [1.82, 2.24) is 5.32 Å². The predicted molar refractivity (Wildman–Crippen MR) is 92.9 cm³/mol. The highest BCUT2D eigenvalue weighted by molar-refractivity contribution is 5.28. The Labute approximate surface area is 131 Å². The number of rotatable bonds is 7. The van der Waals surface area contributed by atoms with E-state index in [4.69, 9.17) is 0 Å². The first-order chi connectivity index (χ1) is 10.1. The summed E-state index contributed by atoms with van der Waals surface area (Å²) < 4.78 is 0. The van der Waals surface area contributed by atoms with Gasteiger partial charge in [-0.1, -0.05) is 64.8 Å². The summed E-state index contributed by atoms with van der Waals surface area (Å²) in [4.78, 5) is 0. The predicted octanol–water partition coefficient (Wildman–Crippen LogP) is 5.33. The Balaban J connectivity index is 2.06. The van der Waals surface area contributed by atoms with Gasteiger partial charge in [-0.05, 0) is 54.2 Å². The average molecular weight is 287 g/mol. The first-order valence-electron chi connectivity index (χ1n) is 8.88. The molecule has 1 aliphatic carbocycles. The summed E-state index contributed by atoms with van der Waals surface area (Å²) in [5.74, 6) is 2.95. The molecule has 0 aliphatic heterocycles. The lowest BCUT2D eigenvalue weighted by Crippen LogP contribution is -2.28. The van der Waals surface area contributed by atoms with Gasteiger partial charge in [0.2, 0.25) is 0 Å². The van der Waals surface area contributed by atoms with Gasteiger partial charge in [0.05, 0.1) is 0 Å². The number of hydrogen-bond donors (Lipinski definition) is 1. The number of hydrogen-bond acceptors (Lipinski definition) is 1. The van der Waals surface area contributed by atoms with E-state index in [0.29, 0.717) is 11.8 Å². The van der Waals surface area contributed by atoms with Crippen LogP contribution < -0.4 is 5.32 Å². The first kappa shape index (κ1) is 16.5. The molecule has 0 aromatic heterocycles. The fourth-order valence-electron chi connectivity index (χ4n) is 3.57. The van der Waals surface area contributed by atoms with Crippen LogP contribution in [0.5, 0.6) is 0 Å². The molecule has 0 saturated heterocycles. The molecule has 1 N–H and O–H groups in total. The van der Waals surface area contributed by atoms with Crippen molar-refractivity contribution in [2.75, 3.05) is 13.1 Å². The molecular weight excluding hydrogens is 254 g/mol. The standard InChI is InChI=1S/C20H33N/c1-15(2)13-21-14-20(18-7-5-6-8-18)19-11-9-17(10-12-19)16(3)4/h9-12,15-16,18,20-21H,5-8,13-14H2,1-4H3. The Morgan fingerprint density at radius 3 is 2.00 bits per heavy atom. The summed E-state index contributed by atoms with van der Waals surface area (Å²) in [6.07, 6.45) is 5.69. The van der Waals surface area contributed by atoms with Gasteiger partial charge in [-0.2, -0.15) is 0 Å². The second-order valence-corrected chi connectivity index (χ2v) is 7.52. The number of benzene rings is 1. The zero-order chi connectivity index (χ0) is 15.2. The van der Waals surface area contributed by atoms with Crippen molar-refractivity contribution in [1.29, 1.82) is 0 Å². The molecule has 118 valence electrons. The van der Waals surface area contributed by atoms with E-state index in [2.05, 4.69) is 57.3 Å². The lowest BCUT2D eigenvalue weighted by Gasteiger charge is -2.25. The molecule has 21 heavy (non-hydrogen) atoms. The van der Waals surface area contributed by atoms with Crippen molar-refractivity contribution >= 4 is 0 Å². The zero-order valence-electron chi connectivity index (χ0n) is 14.4. The van der Waals surface area contributed by atoms with Crippen molar-refractivity contribution < 1.29 is 0 Å². The lowest BCUT2D eigenvalue weighted by atomic mass is 9.84. The van der Waals surface area contributed by atoms with Crippen LogP contribution in [-0.4, -0.2) is 13.1 Å². The molecule has 2 rings (SSSR count). The number of nitrogens with one attached hydrogen (secondary N) is 1. The van der Waals surface area contributed by atoms with E-state index in [0.717, 1.165) is 24.9 Å². The molecule has 0 amide bonds. The van der Waals surface area contributed by atoms with Crippen LogP contribution in [0.1, 0.15) is 76.3 Å². The van der Waals surface area contributed by atoms with Crippen LogP contribution in [0.4, 0.5) is 0 Å². The van der Waals surface area contributed by atoms with Crippen LogP contribution >= 0.6 is 0 Å². The second kappa shape index (κ2) is 7.98. The van der Waals surface area contributed by atoms with Crippen molar-refractivity contribution in [3.63, 3.8) is 0 Å². The van der Waals surface area contributed by atoms with E-state index in [1.165, 1.54) is 31.2 Å². The highest BCUT2D eigenvalue weighted by Crippen LogP contribution is 2.37. The highest BCUT2D eigenvalue weighted by atomic mass is 14.9. The van der Waals surface area contributed by atoms with Crippen molar-refractivity contribution in [2.45, 2.75) is 65.2 Å². The maximum atomic E-state index is 3.70. The van der Waals surface area contributed by atoms with E-state index < -0.39 is 0 Å². The van der Waals surface area contributed by atoms with Gasteiger partial charge >= 0.3 is 0 Å². The lowest BCUT2D eigenvalue weighted by molar-refractivity contribution is 0.400. The molecule has 1 fully saturated rings. The van der Waals surface area contributed by atoms with Crippen molar-refractivity contribution in [3.8, 4) is 0 Å². The normalized spacial score (nSPS) is 17.8. The van der Waals surface area contributed by atoms with Crippen molar-refractivity contribution in [2.24, 2.45) is 11.8 Å². The molecule has 1 atom stereocenters. The van der Waals surface area contributed by atoms with E-state index in [9.17, 15) is 0 Å². The summed E-state index contributed by atoms with van der Waals surface area (Å²) in [5.41, 5.74) is 3.00. The summed E-state index contributed by atoms with van der Waals surface area (Å²) in [6, 6.07) is 9.44. The molecule has 1 unspecified atom stereocenters. The molecule has 0 spiro atoms. The van der Waals surface area contributed by atoms with E-state index in [1.54, 1.807) is 5.56 Å². The quantitative estimate of drug-likeness (QED) is 0.714. The maximum Gasteiger partial charge on any atom is 0.00229 e. The average Bonchev–Trinajstić information content (AvgIpc) is 2.97. The summed E-state index contributed by atoms with van der Waals surface area (Å²) in [6.45, 7) is 11.4. The van der Waals surface area contributed by atoms with Crippen LogP contribution in [0, 0.1) is 11.8 Å². The molecule has 1 heteroatoms. The second-order valence-electron chi connectivity index (χ2n) is 7.52. The van der Waals surface area contributed by atoms with Gasteiger partial charge in [0, 0.05) is 6.54 Å². The first-order valence-corrected chi connectivity index (χ1v) is 8.88. The Bertz CT molecular complexity index is 398. The largest absolute Gasteiger partial charge is 0.316 e. The minimum atomic E-state index is 0.628. The highest BCUT2D eigenvalue weighted by Gasteiger charge is 2.26. The maximum absolute atomic E-state index is 3.70. The van der Waals surface area contributed by atoms with Crippen LogP contribution in [0.15, 0.2) is 24.3 Å². The fourth-order valence-corrected chi connectivity index (χ4v) is 3.57. The molecule has 1 nitrogen and oxygen atoms in total. The van der Waals surface area contributed by atoms with Gasteiger partial charge in [0.15, 0.2) is 0 Å². The van der Waals surface area contributed by atoms with Gasteiger partial charge in [-0.25, -0.2) is 0 Å². The van der Waals surface area contributed by atoms with Crippen LogP contribution in [0.25, 0.3) is 0 Å². The Morgan fingerprint density at radius 2 is 1.48 bits per heavy atom. The van der Waals surface area contributed by atoms with Crippen LogP contribution in [0.2, 0.25) is 0 Å². The topological polar surface area (TPSA) is 12.0 Å². The molecule has 1 aromatic carbocycles. The van der Waals surface area contributed by atoms with Crippen LogP contribution in [0.3, 0.4) is 0 Å². The molecule has 0 radical (unpaired) electrons. The molecule has 1 aliphatic rings. The molecule has 0 bridgehead atoms. The molecule has 1 saturated carbocycles. The van der Waals surface area contributed by atoms with E-state index >= 15 is 0 Å². The third-order valence-corrected chi connectivity index (χ3v) is 4.92. The van der Waals surface area contributed by atoms with Gasteiger partial charge in [0.25, 0.3) is 0 Å². The summed E-state index contributed by atoms with van der Waals surface area (Å²) >= 11 is 0. The van der Waals surface area contributed by atoms with E-state index in [1.807, 2.05) is 0 Å². The Hall–Kier alpha value is -0.820. The minimum absolute atomic E-state index is 0.628. The molecule has 0 heterocycles. The third kappa shape index (κ3) is 4.85. The van der Waals surface area contributed by atoms with Gasteiger partial charge in [-0.15, -0.1) is 0 Å². The third-order valence-electron chi connectivity index (χ3n) is 4.92. The van der Waals surface area contributed by atoms with Gasteiger partial charge < -0.3 is 5.32 Å².